The van der Waals surface area contributed by atoms with Crippen LogP contribution in [-0.4, -0.2) is 71.9 Å². The highest BCUT2D eigenvalue weighted by Crippen LogP contribution is 2.55. The van der Waals surface area contributed by atoms with Gasteiger partial charge < -0.3 is 25.0 Å². The number of carbonyl (C=O) groups is 3. The molecule has 8 atom stereocenters. The molecular formula is C31H43N3O5S. The monoisotopic (exact) mass is 569 g/mol. The quantitative estimate of drug-likeness (QED) is 0.248. The minimum absolute atomic E-state index is 0.0540. The summed E-state index contributed by atoms with van der Waals surface area (Å²) >= 11 is 1.60. The van der Waals surface area contributed by atoms with Crippen molar-refractivity contribution in [2.75, 3.05) is 24.7 Å². The molecule has 40 heavy (non-hydrogen) atoms. The first-order valence-corrected chi connectivity index (χ1v) is 15.9. The number of nitrogens with zero attached hydrogens (tertiary/aromatic N) is 1. The van der Waals surface area contributed by atoms with Crippen molar-refractivity contribution in [1.29, 1.82) is 0 Å². The predicted molar refractivity (Wildman–Crippen MR) is 156 cm³/mol. The van der Waals surface area contributed by atoms with Gasteiger partial charge in [-0.2, -0.15) is 0 Å². The molecule has 0 radical (unpaired) electrons. The second-order valence-corrected chi connectivity index (χ2v) is 13.0. The summed E-state index contributed by atoms with van der Waals surface area (Å²) in [6.07, 6.45) is 9.01. The van der Waals surface area contributed by atoms with Crippen molar-refractivity contribution in [3.05, 3.63) is 36.4 Å². The van der Waals surface area contributed by atoms with Gasteiger partial charge in [-0.1, -0.05) is 44.9 Å². The Bertz CT molecular complexity index is 1160. The van der Waals surface area contributed by atoms with Gasteiger partial charge in [-0.15, -0.1) is 11.8 Å². The van der Waals surface area contributed by atoms with Crippen molar-refractivity contribution in [3.8, 4) is 0 Å². The molecule has 218 valence electrons. The molecular weight excluding hydrogens is 526 g/mol. The molecule has 0 aromatic heterocycles. The largest absolute Gasteiger partial charge is 0.379 e. The molecule has 3 fully saturated rings. The second kappa shape index (κ2) is 11.9. The van der Waals surface area contributed by atoms with Crippen LogP contribution < -0.4 is 10.6 Å². The van der Waals surface area contributed by atoms with Gasteiger partial charge in [-0.25, -0.2) is 0 Å². The van der Waals surface area contributed by atoms with E-state index in [0.29, 0.717) is 37.1 Å². The molecule has 2 saturated heterocycles. The topological polar surface area (TPSA) is 97.0 Å². The van der Waals surface area contributed by atoms with Crippen LogP contribution in [0.4, 0.5) is 5.69 Å². The fraction of sp³-hybridized carbons (Fsp3) is 0.645. The molecule has 2 N–H and O–H groups in total. The normalized spacial score (nSPS) is 34.4. The minimum atomic E-state index is -1.16. The molecule has 1 aliphatic carbocycles. The lowest BCUT2D eigenvalue weighted by atomic mass is 9.73. The number of ether oxygens (including phenoxy) is 2. The standard InChI is InChI=1S/C31H43N3O5S/c1-18(2)38-16-8-15-34-27(29(36)33-23-12-6-9-19(3)20(23)4)31-14-13-24(39-31)25(26(31)30(34)37)28(35)32-21-10-7-11-22(17-21)40-5/h7,10-11,13-14,17-20,23-27H,6,8-9,12,15-16H2,1-5H3,(H,32,35)(H,33,36)/t19-,20-,23-,24+,25-,26+,27+,31+/m1/s1. The third-order valence-corrected chi connectivity index (χ3v) is 10.0. The van der Waals surface area contributed by atoms with Crippen LogP contribution in [0, 0.1) is 23.7 Å². The summed E-state index contributed by atoms with van der Waals surface area (Å²) in [6.45, 7) is 9.23. The number of rotatable bonds is 10. The number of thioether (sulfide) groups is 1. The molecule has 1 aromatic rings. The first-order valence-electron chi connectivity index (χ1n) is 14.7. The molecule has 9 heteroatoms. The van der Waals surface area contributed by atoms with Gasteiger partial charge in [0.25, 0.3) is 0 Å². The van der Waals surface area contributed by atoms with Gasteiger partial charge in [0, 0.05) is 29.8 Å². The van der Waals surface area contributed by atoms with Crippen molar-refractivity contribution >= 4 is 35.2 Å². The van der Waals surface area contributed by atoms with E-state index in [0.717, 1.165) is 24.2 Å². The van der Waals surface area contributed by atoms with Crippen LogP contribution >= 0.6 is 11.8 Å². The van der Waals surface area contributed by atoms with Crippen molar-refractivity contribution in [2.45, 2.75) is 88.2 Å². The fourth-order valence-corrected chi connectivity index (χ4v) is 7.50. The Morgan fingerprint density at radius 2 is 2.02 bits per heavy atom. The zero-order valence-electron chi connectivity index (χ0n) is 24.2. The van der Waals surface area contributed by atoms with Crippen molar-refractivity contribution in [2.24, 2.45) is 23.7 Å². The number of likely N-dealkylation sites (tertiary alicyclic amines) is 1. The van der Waals surface area contributed by atoms with Crippen LogP contribution in [0.5, 0.6) is 0 Å². The number of benzene rings is 1. The lowest BCUT2D eigenvalue weighted by molar-refractivity contribution is -0.142. The highest BCUT2D eigenvalue weighted by molar-refractivity contribution is 7.98. The summed E-state index contributed by atoms with van der Waals surface area (Å²) in [5, 5.41) is 6.32. The molecule has 4 aliphatic rings. The molecule has 2 bridgehead atoms. The zero-order chi connectivity index (χ0) is 28.6. The maximum Gasteiger partial charge on any atom is 0.246 e. The summed E-state index contributed by atoms with van der Waals surface area (Å²) in [4.78, 5) is 44.5. The number of hydrogen-bond donors (Lipinski definition) is 2. The van der Waals surface area contributed by atoms with Gasteiger partial charge in [0.2, 0.25) is 17.7 Å². The van der Waals surface area contributed by atoms with Crippen LogP contribution in [0.1, 0.15) is 53.4 Å². The number of fused-ring (bicyclic) bond motifs is 1. The third kappa shape index (κ3) is 5.32. The molecule has 3 heterocycles. The van der Waals surface area contributed by atoms with Crippen LogP contribution in [0.3, 0.4) is 0 Å². The fourth-order valence-electron chi connectivity index (χ4n) is 7.04. The highest BCUT2D eigenvalue weighted by Gasteiger charge is 2.72. The number of hydrogen-bond acceptors (Lipinski definition) is 6. The smallest absolute Gasteiger partial charge is 0.246 e. The first-order chi connectivity index (χ1) is 19.2. The predicted octanol–water partition coefficient (Wildman–Crippen LogP) is 4.25. The van der Waals surface area contributed by atoms with Crippen LogP contribution in [0.25, 0.3) is 0 Å². The molecule has 8 nitrogen and oxygen atoms in total. The minimum Gasteiger partial charge on any atom is -0.379 e. The average Bonchev–Trinajstić information content (AvgIpc) is 3.56. The maximum absolute atomic E-state index is 14.1. The molecule has 1 aromatic carbocycles. The van der Waals surface area contributed by atoms with Crippen molar-refractivity contribution in [1.82, 2.24) is 10.2 Å². The van der Waals surface area contributed by atoms with E-state index < -0.39 is 29.6 Å². The molecule has 5 rings (SSSR count). The third-order valence-electron chi connectivity index (χ3n) is 9.29. The maximum atomic E-state index is 14.1. The zero-order valence-corrected chi connectivity index (χ0v) is 25.0. The number of amides is 3. The summed E-state index contributed by atoms with van der Waals surface area (Å²) in [5.41, 5.74) is -0.474. The Kier molecular flexibility index (Phi) is 8.64. The van der Waals surface area contributed by atoms with E-state index in [2.05, 4.69) is 24.5 Å². The van der Waals surface area contributed by atoms with E-state index in [-0.39, 0.29) is 29.9 Å². The Hall–Kier alpha value is -2.36. The molecule has 3 amide bonds. The lowest BCUT2D eigenvalue weighted by Gasteiger charge is -2.38. The lowest BCUT2D eigenvalue weighted by Crippen LogP contribution is -2.58. The molecule has 1 spiro atoms. The molecule has 3 aliphatic heterocycles. The highest BCUT2D eigenvalue weighted by atomic mass is 32.2. The number of carbonyl (C=O) groups excluding carboxylic acids is 3. The Balaban J connectivity index is 1.40. The summed E-state index contributed by atoms with van der Waals surface area (Å²) in [5.74, 6) is -1.23. The SMILES string of the molecule is CSc1cccc(NC(=O)[C@@H]2[C@@H]3C=C[C@]4(O3)[C@@H]2C(=O)N(CCCOC(C)C)[C@H]4C(=O)N[C@@H]2CCC[C@@H](C)[C@H]2C)c1. The summed E-state index contributed by atoms with van der Waals surface area (Å²) < 4.78 is 12.2. The van der Waals surface area contributed by atoms with E-state index in [1.807, 2.05) is 56.5 Å². The van der Waals surface area contributed by atoms with Gasteiger partial charge in [0.05, 0.1) is 24.0 Å². The Morgan fingerprint density at radius 1 is 1.23 bits per heavy atom. The van der Waals surface area contributed by atoms with Crippen molar-refractivity contribution < 1.29 is 23.9 Å². The first kappa shape index (κ1) is 29.1. The van der Waals surface area contributed by atoms with Crippen LogP contribution in [0.2, 0.25) is 0 Å². The van der Waals surface area contributed by atoms with Crippen molar-refractivity contribution in [3.63, 3.8) is 0 Å². The van der Waals surface area contributed by atoms with Gasteiger partial charge in [0.15, 0.2) is 0 Å². The average molecular weight is 570 g/mol. The molecule has 1 saturated carbocycles. The van der Waals surface area contributed by atoms with Gasteiger partial charge in [-0.05, 0) is 63.0 Å². The van der Waals surface area contributed by atoms with Gasteiger partial charge >= 0.3 is 0 Å². The van der Waals surface area contributed by atoms with Crippen LogP contribution in [-0.2, 0) is 23.9 Å². The van der Waals surface area contributed by atoms with E-state index in [1.165, 1.54) is 0 Å². The van der Waals surface area contributed by atoms with E-state index in [1.54, 1.807) is 16.7 Å². The second-order valence-electron chi connectivity index (χ2n) is 12.1. The Morgan fingerprint density at radius 3 is 2.77 bits per heavy atom. The van der Waals surface area contributed by atoms with Crippen LogP contribution in [0.15, 0.2) is 41.3 Å². The number of nitrogens with one attached hydrogen (secondary N) is 2. The molecule has 0 unspecified atom stereocenters. The van der Waals surface area contributed by atoms with Gasteiger partial charge in [0.1, 0.15) is 11.6 Å². The van der Waals surface area contributed by atoms with E-state index in [4.69, 9.17) is 9.47 Å². The van der Waals surface area contributed by atoms with Gasteiger partial charge in [-0.3, -0.25) is 14.4 Å². The van der Waals surface area contributed by atoms with E-state index >= 15 is 0 Å². The number of anilines is 1. The summed E-state index contributed by atoms with van der Waals surface area (Å²) in [6, 6.07) is 6.87. The Labute approximate surface area is 242 Å². The summed E-state index contributed by atoms with van der Waals surface area (Å²) in [7, 11) is 0. The van der Waals surface area contributed by atoms with E-state index in [9.17, 15) is 14.4 Å².